The maximum Gasteiger partial charge on any atom is 0.317 e. The van der Waals surface area contributed by atoms with Crippen LogP contribution in [0.3, 0.4) is 0 Å². The lowest BCUT2D eigenvalue weighted by Gasteiger charge is -2.36. The predicted octanol–water partition coefficient (Wildman–Crippen LogP) is 2.04. The van der Waals surface area contributed by atoms with E-state index in [0.717, 1.165) is 45.0 Å². The molecule has 23 heavy (non-hydrogen) atoms. The quantitative estimate of drug-likeness (QED) is 0.854. The van der Waals surface area contributed by atoms with Crippen LogP contribution in [0, 0.1) is 11.8 Å². The largest absolute Gasteiger partial charge is 0.368 e. The summed E-state index contributed by atoms with van der Waals surface area (Å²) >= 11 is 12.0. The lowest BCUT2D eigenvalue weighted by atomic mass is 10.2. The molecule has 1 unspecified atom stereocenters. The van der Waals surface area contributed by atoms with Crippen LogP contribution in [-0.2, 0) is 0 Å². The number of carbonyl (C=O) groups is 1. The molecule has 3 fully saturated rings. The molecule has 1 aromatic rings. The minimum Gasteiger partial charge on any atom is -0.368 e. The van der Waals surface area contributed by atoms with Crippen LogP contribution in [0.2, 0.25) is 10.0 Å². The molecular formula is C16H20Cl2N4O. The Hall–Kier alpha value is -1.17. The van der Waals surface area contributed by atoms with Gasteiger partial charge in [0.25, 0.3) is 0 Å². The molecule has 0 aromatic heterocycles. The van der Waals surface area contributed by atoms with Gasteiger partial charge < -0.3 is 20.4 Å². The van der Waals surface area contributed by atoms with Gasteiger partial charge in [0.2, 0.25) is 0 Å². The van der Waals surface area contributed by atoms with Crippen molar-refractivity contribution in [3.05, 3.63) is 28.2 Å². The number of carbonyl (C=O) groups excluding carboxylic acids is 1. The molecule has 0 radical (unpaired) electrons. The third-order valence-electron chi connectivity index (χ3n) is 5.22. The maximum absolute atomic E-state index is 12.4. The molecule has 5 nitrogen and oxygen atoms in total. The third kappa shape index (κ3) is 2.97. The summed E-state index contributed by atoms with van der Waals surface area (Å²) in [6.07, 6.45) is 0. The van der Waals surface area contributed by atoms with Crippen LogP contribution in [0.1, 0.15) is 0 Å². The molecule has 0 spiro atoms. The van der Waals surface area contributed by atoms with Gasteiger partial charge in [0.05, 0.1) is 10.0 Å². The molecule has 2 aliphatic heterocycles. The Kier molecular flexibility index (Phi) is 4.03. The molecule has 1 aromatic carbocycles. The summed E-state index contributed by atoms with van der Waals surface area (Å²) in [5.74, 6) is 1.30. The lowest BCUT2D eigenvalue weighted by Crippen LogP contribution is -2.52. The molecule has 2 amide bonds. The zero-order valence-electron chi connectivity index (χ0n) is 12.8. The van der Waals surface area contributed by atoms with E-state index in [1.165, 1.54) is 0 Å². The normalized spacial score (nSPS) is 29.4. The van der Waals surface area contributed by atoms with Crippen molar-refractivity contribution >= 4 is 34.9 Å². The number of halogens is 2. The topological polar surface area (TPSA) is 47.6 Å². The second-order valence-electron chi connectivity index (χ2n) is 6.53. The second kappa shape index (κ2) is 6.04. The van der Waals surface area contributed by atoms with E-state index in [9.17, 15) is 4.79 Å². The summed E-state index contributed by atoms with van der Waals surface area (Å²) in [7, 11) is 0. The Bertz CT molecular complexity index is 608. The van der Waals surface area contributed by atoms with Gasteiger partial charge in [-0.05, 0) is 30.0 Å². The number of anilines is 1. The summed E-state index contributed by atoms with van der Waals surface area (Å²) < 4.78 is 0. The minimum absolute atomic E-state index is 0.0817. The first kappa shape index (κ1) is 15.4. The van der Waals surface area contributed by atoms with Gasteiger partial charge in [-0.3, -0.25) is 0 Å². The van der Waals surface area contributed by atoms with Gasteiger partial charge in [-0.2, -0.15) is 0 Å². The molecule has 4 rings (SSSR count). The molecule has 3 aliphatic rings. The highest BCUT2D eigenvalue weighted by Crippen LogP contribution is 2.41. The Balaban J connectivity index is 1.30. The van der Waals surface area contributed by atoms with Crippen molar-refractivity contribution in [2.75, 3.05) is 44.2 Å². The van der Waals surface area contributed by atoms with E-state index in [-0.39, 0.29) is 6.03 Å². The van der Waals surface area contributed by atoms with E-state index >= 15 is 0 Å². The van der Waals surface area contributed by atoms with Crippen LogP contribution in [0.25, 0.3) is 0 Å². The third-order valence-corrected chi connectivity index (χ3v) is 5.96. The number of benzene rings is 1. The van der Waals surface area contributed by atoms with Gasteiger partial charge in [-0.15, -0.1) is 0 Å². The zero-order valence-corrected chi connectivity index (χ0v) is 14.3. The number of piperidine rings is 1. The zero-order chi connectivity index (χ0) is 16.0. The summed E-state index contributed by atoms with van der Waals surface area (Å²) in [5.41, 5.74) is 1.06. The number of urea groups is 1. The van der Waals surface area contributed by atoms with Crippen molar-refractivity contribution in [3.63, 3.8) is 0 Å². The first-order valence-electron chi connectivity index (χ1n) is 8.09. The first-order chi connectivity index (χ1) is 11.1. The number of piperazine rings is 1. The van der Waals surface area contributed by atoms with Gasteiger partial charge in [0.15, 0.2) is 0 Å². The molecule has 3 atom stereocenters. The number of hydrogen-bond donors (Lipinski definition) is 2. The molecule has 0 bridgehead atoms. The van der Waals surface area contributed by atoms with Crippen LogP contribution in [-0.4, -0.2) is 56.2 Å². The Morgan fingerprint density at radius 1 is 1.09 bits per heavy atom. The van der Waals surface area contributed by atoms with Crippen LogP contribution >= 0.6 is 23.2 Å². The van der Waals surface area contributed by atoms with Crippen LogP contribution in [0.4, 0.5) is 10.5 Å². The van der Waals surface area contributed by atoms with Crippen molar-refractivity contribution in [2.45, 2.75) is 6.04 Å². The SMILES string of the molecule is O=C(NC1[C@H]2CNC[C@@H]12)N1CCN(c2ccc(Cl)c(Cl)c2)CC1. The molecule has 1 saturated carbocycles. The fourth-order valence-electron chi connectivity index (χ4n) is 3.72. The standard InChI is InChI=1S/C16H20Cl2N4O/c17-13-2-1-10(7-14(13)18)21-3-5-22(6-4-21)16(23)20-15-11-8-19-9-12(11)15/h1-2,7,11-12,15,19H,3-6,8-9H2,(H,20,23)/t11-,12+,15?. The average Bonchev–Trinajstić information content (AvgIpc) is 2.98. The number of hydrogen-bond acceptors (Lipinski definition) is 3. The second-order valence-corrected chi connectivity index (χ2v) is 7.35. The highest BCUT2D eigenvalue weighted by atomic mass is 35.5. The Morgan fingerprint density at radius 3 is 2.43 bits per heavy atom. The van der Waals surface area contributed by atoms with Crippen LogP contribution < -0.4 is 15.5 Å². The van der Waals surface area contributed by atoms with Crippen molar-refractivity contribution < 1.29 is 4.79 Å². The van der Waals surface area contributed by atoms with Crippen molar-refractivity contribution in [3.8, 4) is 0 Å². The Labute approximate surface area is 145 Å². The van der Waals surface area contributed by atoms with Crippen molar-refractivity contribution in [1.82, 2.24) is 15.5 Å². The van der Waals surface area contributed by atoms with E-state index in [1.807, 2.05) is 23.1 Å². The van der Waals surface area contributed by atoms with E-state index in [2.05, 4.69) is 15.5 Å². The van der Waals surface area contributed by atoms with Gasteiger partial charge in [0, 0.05) is 51.0 Å². The van der Waals surface area contributed by atoms with Gasteiger partial charge in [0.1, 0.15) is 0 Å². The molecule has 2 N–H and O–H groups in total. The van der Waals surface area contributed by atoms with Crippen molar-refractivity contribution in [2.24, 2.45) is 11.8 Å². The number of fused-ring (bicyclic) bond motifs is 1. The summed E-state index contributed by atoms with van der Waals surface area (Å²) in [4.78, 5) is 16.5. The average molecular weight is 355 g/mol. The first-order valence-corrected chi connectivity index (χ1v) is 8.85. The number of amides is 2. The molecule has 124 valence electrons. The van der Waals surface area contributed by atoms with Crippen molar-refractivity contribution in [1.29, 1.82) is 0 Å². The molecular weight excluding hydrogens is 335 g/mol. The summed E-state index contributed by atoms with van der Waals surface area (Å²) in [5, 5.41) is 7.67. The van der Waals surface area contributed by atoms with Crippen LogP contribution in [0.5, 0.6) is 0 Å². The minimum atomic E-state index is 0.0817. The highest BCUT2D eigenvalue weighted by Gasteiger charge is 2.53. The van der Waals surface area contributed by atoms with E-state index in [4.69, 9.17) is 23.2 Å². The predicted molar refractivity (Wildman–Crippen MR) is 92.4 cm³/mol. The van der Waals surface area contributed by atoms with E-state index in [1.54, 1.807) is 0 Å². The highest BCUT2D eigenvalue weighted by molar-refractivity contribution is 6.42. The van der Waals surface area contributed by atoms with Crippen LogP contribution in [0.15, 0.2) is 18.2 Å². The maximum atomic E-state index is 12.4. The van der Waals surface area contributed by atoms with Gasteiger partial charge >= 0.3 is 6.03 Å². The molecule has 1 aliphatic carbocycles. The Morgan fingerprint density at radius 2 is 1.78 bits per heavy atom. The smallest absolute Gasteiger partial charge is 0.317 e. The molecule has 2 saturated heterocycles. The van der Waals surface area contributed by atoms with E-state index in [0.29, 0.717) is 27.9 Å². The van der Waals surface area contributed by atoms with Gasteiger partial charge in [-0.1, -0.05) is 23.2 Å². The molecule has 7 heteroatoms. The number of nitrogens with zero attached hydrogens (tertiary/aromatic N) is 2. The number of rotatable bonds is 2. The fraction of sp³-hybridized carbons (Fsp3) is 0.562. The van der Waals surface area contributed by atoms with Gasteiger partial charge in [-0.25, -0.2) is 4.79 Å². The monoisotopic (exact) mass is 354 g/mol. The van der Waals surface area contributed by atoms with E-state index < -0.39 is 0 Å². The molecule has 2 heterocycles. The fourth-order valence-corrected chi connectivity index (χ4v) is 4.01. The number of nitrogens with one attached hydrogen (secondary N) is 2. The lowest BCUT2D eigenvalue weighted by molar-refractivity contribution is 0.192. The summed E-state index contributed by atoms with van der Waals surface area (Å²) in [6.45, 7) is 5.16. The summed E-state index contributed by atoms with van der Waals surface area (Å²) in [6, 6.07) is 6.15.